The molecule has 0 bridgehead atoms. The molecule has 1 aromatic carbocycles. The van der Waals surface area contributed by atoms with Gasteiger partial charge in [0.15, 0.2) is 0 Å². The zero-order valence-corrected chi connectivity index (χ0v) is 13.4. The molecule has 1 fully saturated rings. The van der Waals surface area contributed by atoms with E-state index in [0.717, 1.165) is 36.9 Å². The summed E-state index contributed by atoms with van der Waals surface area (Å²) in [4.78, 5) is 0. The molecule has 1 atom stereocenters. The van der Waals surface area contributed by atoms with E-state index < -0.39 is 0 Å². The smallest absolute Gasteiger partial charge is 0.124 e. The molecule has 0 amide bonds. The van der Waals surface area contributed by atoms with Gasteiger partial charge < -0.3 is 14.8 Å². The fourth-order valence-electron chi connectivity index (χ4n) is 3.07. The van der Waals surface area contributed by atoms with E-state index in [4.69, 9.17) is 9.47 Å². The highest BCUT2D eigenvalue weighted by atomic mass is 16.5. The van der Waals surface area contributed by atoms with Crippen LogP contribution >= 0.6 is 0 Å². The predicted octanol–water partition coefficient (Wildman–Crippen LogP) is 3.94. The third kappa shape index (κ3) is 5.01. The van der Waals surface area contributed by atoms with Crippen molar-refractivity contribution in [2.45, 2.75) is 45.1 Å². The van der Waals surface area contributed by atoms with E-state index in [1.807, 2.05) is 12.1 Å². The van der Waals surface area contributed by atoms with Gasteiger partial charge in [-0.3, -0.25) is 0 Å². The number of hydrogen-bond donors (Lipinski definition) is 1. The van der Waals surface area contributed by atoms with Crippen LogP contribution < -0.4 is 10.1 Å². The molecule has 1 N–H and O–H groups in total. The molecule has 1 aliphatic rings. The van der Waals surface area contributed by atoms with Crippen LogP contribution in [0.25, 0.3) is 0 Å². The van der Waals surface area contributed by atoms with Crippen LogP contribution in [0.3, 0.4) is 0 Å². The van der Waals surface area contributed by atoms with Crippen molar-refractivity contribution in [3.8, 4) is 5.75 Å². The minimum Gasteiger partial charge on any atom is -0.496 e. The fourth-order valence-corrected chi connectivity index (χ4v) is 3.07. The number of benzene rings is 1. The van der Waals surface area contributed by atoms with Crippen molar-refractivity contribution < 1.29 is 9.47 Å². The molecular weight excluding hydrogens is 262 g/mol. The molecule has 3 heteroatoms. The van der Waals surface area contributed by atoms with Gasteiger partial charge in [0.25, 0.3) is 0 Å². The molecule has 1 saturated carbocycles. The largest absolute Gasteiger partial charge is 0.496 e. The number of rotatable bonds is 8. The third-order valence-electron chi connectivity index (χ3n) is 4.32. The molecule has 118 valence electrons. The molecule has 0 spiro atoms. The first kappa shape index (κ1) is 16.3. The van der Waals surface area contributed by atoms with E-state index in [1.165, 1.54) is 32.1 Å². The zero-order valence-electron chi connectivity index (χ0n) is 13.4. The third-order valence-corrected chi connectivity index (χ3v) is 4.32. The maximum atomic E-state index is 6.27. The lowest BCUT2D eigenvalue weighted by molar-refractivity contribution is 0.0190. The highest BCUT2D eigenvalue weighted by molar-refractivity contribution is 5.35. The number of para-hydroxylation sites is 1. The summed E-state index contributed by atoms with van der Waals surface area (Å²) < 4.78 is 11.8. The van der Waals surface area contributed by atoms with Crippen molar-refractivity contribution in [2.24, 2.45) is 5.92 Å². The Hall–Kier alpha value is -1.06. The molecule has 0 radical (unpaired) electrons. The highest BCUT2D eigenvalue weighted by Crippen LogP contribution is 2.30. The molecule has 21 heavy (non-hydrogen) atoms. The van der Waals surface area contributed by atoms with E-state index in [9.17, 15) is 0 Å². The summed E-state index contributed by atoms with van der Waals surface area (Å²) in [6, 6.07) is 8.19. The van der Waals surface area contributed by atoms with Crippen molar-refractivity contribution in [3.05, 3.63) is 29.8 Å². The quantitative estimate of drug-likeness (QED) is 0.787. The van der Waals surface area contributed by atoms with Crippen LogP contribution in [0.1, 0.15) is 50.7 Å². The summed E-state index contributed by atoms with van der Waals surface area (Å²) in [6.45, 7) is 4.79. The molecule has 0 aromatic heterocycles. The Bertz CT molecular complexity index is 402. The highest BCUT2D eigenvalue weighted by Gasteiger charge is 2.19. The van der Waals surface area contributed by atoms with Crippen LogP contribution in [-0.4, -0.2) is 26.8 Å². The summed E-state index contributed by atoms with van der Waals surface area (Å²) in [5.74, 6) is 1.65. The van der Waals surface area contributed by atoms with Gasteiger partial charge in [-0.15, -0.1) is 0 Å². The number of methoxy groups -OCH3 is 1. The molecule has 1 aliphatic carbocycles. The second-order valence-electron chi connectivity index (χ2n) is 5.88. The normalized spacial score (nSPS) is 17.6. The molecule has 0 heterocycles. The van der Waals surface area contributed by atoms with Crippen molar-refractivity contribution in [3.63, 3.8) is 0 Å². The Morgan fingerprint density at radius 1 is 1.19 bits per heavy atom. The average Bonchev–Trinajstić information content (AvgIpc) is 2.56. The SMILES string of the molecule is CCNCC(OCC1CCCCC1)c1ccccc1OC. The maximum Gasteiger partial charge on any atom is 0.124 e. The van der Waals surface area contributed by atoms with Gasteiger partial charge in [0, 0.05) is 12.1 Å². The van der Waals surface area contributed by atoms with Crippen LogP contribution in [0.2, 0.25) is 0 Å². The molecular formula is C18H29NO2. The molecule has 2 rings (SSSR count). The topological polar surface area (TPSA) is 30.5 Å². The standard InChI is InChI=1S/C18H29NO2/c1-3-19-13-18(16-11-7-8-12-17(16)20-2)21-14-15-9-5-4-6-10-15/h7-8,11-12,15,18-19H,3-6,9-10,13-14H2,1-2H3. The summed E-state index contributed by atoms with van der Waals surface area (Å²) in [5, 5.41) is 3.41. The van der Waals surface area contributed by atoms with Crippen LogP contribution in [0.15, 0.2) is 24.3 Å². The first-order chi connectivity index (χ1) is 10.3. The summed E-state index contributed by atoms with van der Waals surface area (Å²) in [7, 11) is 1.73. The lowest BCUT2D eigenvalue weighted by Gasteiger charge is -2.26. The van der Waals surface area contributed by atoms with Crippen LogP contribution in [0, 0.1) is 5.92 Å². The summed E-state index contributed by atoms with van der Waals surface area (Å²) >= 11 is 0. The monoisotopic (exact) mass is 291 g/mol. The Kier molecular flexibility index (Phi) is 7.04. The minimum atomic E-state index is 0.0722. The Labute approximate surface area is 129 Å². The van der Waals surface area contributed by atoms with Gasteiger partial charge in [-0.1, -0.05) is 44.4 Å². The van der Waals surface area contributed by atoms with Gasteiger partial charge in [0.2, 0.25) is 0 Å². The van der Waals surface area contributed by atoms with Crippen LogP contribution in [-0.2, 0) is 4.74 Å². The number of nitrogens with one attached hydrogen (secondary N) is 1. The van der Waals surface area contributed by atoms with E-state index in [-0.39, 0.29) is 6.10 Å². The van der Waals surface area contributed by atoms with Gasteiger partial charge in [0.1, 0.15) is 5.75 Å². The number of ether oxygens (including phenoxy) is 2. The number of hydrogen-bond acceptors (Lipinski definition) is 3. The van der Waals surface area contributed by atoms with Crippen LogP contribution in [0.5, 0.6) is 5.75 Å². The average molecular weight is 291 g/mol. The Morgan fingerprint density at radius 3 is 2.67 bits per heavy atom. The minimum absolute atomic E-state index is 0.0722. The first-order valence-corrected chi connectivity index (χ1v) is 8.30. The van der Waals surface area contributed by atoms with Gasteiger partial charge in [-0.25, -0.2) is 0 Å². The fraction of sp³-hybridized carbons (Fsp3) is 0.667. The lowest BCUT2D eigenvalue weighted by Crippen LogP contribution is -2.25. The molecule has 1 aromatic rings. The van der Waals surface area contributed by atoms with Crippen LogP contribution in [0.4, 0.5) is 0 Å². The maximum absolute atomic E-state index is 6.27. The lowest BCUT2D eigenvalue weighted by atomic mass is 9.90. The van der Waals surface area contributed by atoms with Crippen molar-refractivity contribution in [1.82, 2.24) is 5.32 Å². The van der Waals surface area contributed by atoms with Gasteiger partial charge in [-0.05, 0) is 31.4 Å². The first-order valence-electron chi connectivity index (χ1n) is 8.30. The Balaban J connectivity index is 1.99. The Morgan fingerprint density at radius 2 is 1.95 bits per heavy atom. The predicted molar refractivity (Wildman–Crippen MR) is 86.8 cm³/mol. The number of likely N-dealkylation sites (N-methyl/N-ethyl adjacent to an activating group) is 1. The van der Waals surface area contributed by atoms with Gasteiger partial charge in [0.05, 0.1) is 19.8 Å². The van der Waals surface area contributed by atoms with E-state index in [2.05, 4.69) is 24.4 Å². The van der Waals surface area contributed by atoms with E-state index in [1.54, 1.807) is 7.11 Å². The van der Waals surface area contributed by atoms with Gasteiger partial charge in [-0.2, -0.15) is 0 Å². The summed E-state index contributed by atoms with van der Waals surface area (Å²) in [5.41, 5.74) is 1.15. The second-order valence-corrected chi connectivity index (χ2v) is 5.88. The van der Waals surface area contributed by atoms with Gasteiger partial charge >= 0.3 is 0 Å². The van der Waals surface area contributed by atoms with E-state index in [0.29, 0.717) is 0 Å². The molecule has 0 aliphatic heterocycles. The molecule has 1 unspecified atom stereocenters. The summed E-state index contributed by atoms with van der Waals surface area (Å²) in [6.07, 6.45) is 6.83. The van der Waals surface area contributed by atoms with Crippen molar-refractivity contribution in [2.75, 3.05) is 26.8 Å². The molecule has 3 nitrogen and oxygen atoms in total. The zero-order chi connectivity index (χ0) is 14.9. The van der Waals surface area contributed by atoms with Crippen molar-refractivity contribution >= 4 is 0 Å². The molecule has 0 saturated heterocycles. The van der Waals surface area contributed by atoms with Crippen molar-refractivity contribution in [1.29, 1.82) is 0 Å². The second kappa shape index (κ2) is 9.06. The van der Waals surface area contributed by atoms with E-state index >= 15 is 0 Å².